The third-order valence-electron chi connectivity index (χ3n) is 3.69. The number of fused-ring (bicyclic) bond motifs is 3. The quantitative estimate of drug-likeness (QED) is 0.713. The third kappa shape index (κ3) is 2.13. The van der Waals surface area contributed by atoms with E-state index in [1.54, 1.807) is 0 Å². The largest absolute Gasteiger partial charge is 0.486 e. The lowest BCUT2D eigenvalue weighted by atomic mass is 10.0. The van der Waals surface area contributed by atoms with Crippen LogP contribution in [0.5, 0.6) is 5.75 Å². The second-order valence-corrected chi connectivity index (χ2v) is 8.13. The lowest BCUT2D eigenvalue weighted by Gasteiger charge is -2.21. The van der Waals surface area contributed by atoms with Gasteiger partial charge < -0.3 is 4.74 Å². The molecule has 4 heteroatoms. The van der Waals surface area contributed by atoms with Gasteiger partial charge in [0, 0.05) is 23.1 Å². The molecular weight excluding hydrogens is 326 g/mol. The van der Waals surface area contributed by atoms with Crippen LogP contribution in [0.3, 0.4) is 0 Å². The second-order valence-electron chi connectivity index (χ2n) is 5.24. The molecule has 0 radical (unpaired) electrons. The minimum Gasteiger partial charge on any atom is -0.486 e. The number of halogens is 2. The van der Waals surface area contributed by atoms with Gasteiger partial charge in [-0.25, -0.2) is 0 Å². The van der Waals surface area contributed by atoms with E-state index >= 15 is 0 Å². The Morgan fingerprint density at radius 3 is 2.84 bits per heavy atom. The third-order valence-corrected chi connectivity index (χ3v) is 4.44. The van der Waals surface area contributed by atoms with E-state index in [0.29, 0.717) is 0 Å². The van der Waals surface area contributed by atoms with Crippen molar-refractivity contribution in [3.63, 3.8) is 0 Å². The van der Waals surface area contributed by atoms with Crippen LogP contribution in [0.25, 0.3) is 10.9 Å². The van der Waals surface area contributed by atoms with E-state index < -0.39 is 3.78 Å². The van der Waals surface area contributed by atoms with E-state index in [4.69, 9.17) is 21.3 Å². The maximum atomic E-state index is 6.34. The Bertz CT molecular complexity index is 663. The molecule has 0 aliphatic carbocycles. The van der Waals surface area contributed by atoms with Crippen molar-refractivity contribution in [2.45, 2.75) is 37.1 Å². The number of hydrogen-bond acceptors (Lipinski definition) is 2. The van der Waals surface area contributed by atoms with Gasteiger partial charge in [-0.2, -0.15) is 0 Å². The Morgan fingerprint density at radius 2 is 2.16 bits per heavy atom. The van der Waals surface area contributed by atoms with Gasteiger partial charge in [0.1, 0.15) is 15.6 Å². The molecule has 1 aliphatic rings. The van der Waals surface area contributed by atoms with Crippen LogP contribution < -0.4 is 4.74 Å². The minimum atomic E-state index is -0.561. The average Bonchev–Trinajstić information content (AvgIpc) is 2.76. The molecule has 1 aromatic carbocycles. The molecule has 2 aromatic rings. The number of alkyl halides is 2. The van der Waals surface area contributed by atoms with Gasteiger partial charge in [-0.15, -0.1) is 11.6 Å². The number of aryl methyl sites for hydroxylation is 2. The first kappa shape index (κ1) is 13.2. The summed E-state index contributed by atoms with van der Waals surface area (Å²) in [6.07, 6.45) is 0.722. The molecule has 1 aromatic heterocycles. The molecule has 0 fully saturated rings. The molecule has 100 valence electrons. The number of hydrogen-bond donors (Lipinski definition) is 0. The van der Waals surface area contributed by atoms with Gasteiger partial charge in [0.25, 0.3) is 0 Å². The van der Waals surface area contributed by atoms with Crippen molar-refractivity contribution in [2.24, 2.45) is 0 Å². The maximum absolute atomic E-state index is 6.34. The average molecular weight is 341 g/mol. The number of ether oxygens (including phenoxy) is 1. The van der Waals surface area contributed by atoms with Gasteiger partial charge in [-0.05, 0) is 32.4 Å². The van der Waals surface area contributed by atoms with E-state index in [0.717, 1.165) is 28.8 Å². The van der Waals surface area contributed by atoms with E-state index in [1.807, 2.05) is 19.9 Å². The van der Waals surface area contributed by atoms with Crippen LogP contribution in [0.15, 0.2) is 18.2 Å². The highest BCUT2D eigenvalue weighted by molar-refractivity contribution is 9.10. The normalized spacial score (nSPS) is 21.0. The van der Waals surface area contributed by atoms with Gasteiger partial charge in [0.2, 0.25) is 0 Å². The van der Waals surface area contributed by atoms with Crippen LogP contribution in [0.4, 0.5) is 0 Å². The molecule has 2 atom stereocenters. The molecule has 2 nitrogen and oxygen atoms in total. The fourth-order valence-corrected chi connectivity index (χ4v) is 2.96. The highest BCUT2D eigenvalue weighted by atomic mass is 79.9. The second kappa shape index (κ2) is 4.35. The number of pyridine rings is 1. The molecule has 0 amide bonds. The van der Waals surface area contributed by atoms with E-state index in [2.05, 4.69) is 35.0 Å². The molecule has 0 saturated heterocycles. The topological polar surface area (TPSA) is 22.1 Å². The van der Waals surface area contributed by atoms with Crippen molar-refractivity contribution < 1.29 is 4.74 Å². The van der Waals surface area contributed by atoms with Crippen LogP contribution in [0, 0.1) is 13.8 Å². The summed E-state index contributed by atoms with van der Waals surface area (Å²) in [6, 6.07) is 6.18. The number of aromatic nitrogens is 1. The first-order valence-corrected chi connectivity index (χ1v) is 7.48. The van der Waals surface area contributed by atoms with Crippen LogP contribution in [0.2, 0.25) is 0 Å². The van der Waals surface area contributed by atoms with Gasteiger partial charge in [-0.3, -0.25) is 4.98 Å². The van der Waals surface area contributed by atoms with E-state index in [9.17, 15) is 0 Å². The van der Waals surface area contributed by atoms with Crippen LogP contribution >= 0.6 is 27.5 Å². The number of rotatable bonds is 1. The Kier molecular flexibility index (Phi) is 3.02. The molecule has 2 heterocycles. The summed E-state index contributed by atoms with van der Waals surface area (Å²) in [6.45, 7) is 6.03. The SMILES string of the molecule is Cc1nc2c(C)cccc2c2c1C[C@H]([C@@](C)(Cl)Br)O2. The Labute approximate surface area is 126 Å². The van der Waals surface area contributed by atoms with Crippen molar-refractivity contribution in [1.82, 2.24) is 4.98 Å². The summed E-state index contributed by atoms with van der Waals surface area (Å²) in [7, 11) is 0. The van der Waals surface area contributed by atoms with Gasteiger partial charge in [0.05, 0.1) is 5.52 Å². The summed E-state index contributed by atoms with van der Waals surface area (Å²) in [5, 5.41) is 1.08. The summed E-state index contributed by atoms with van der Waals surface area (Å²) >= 11 is 9.82. The predicted octanol–water partition coefficient (Wildman–Crippen LogP) is 4.51. The van der Waals surface area contributed by atoms with Crippen molar-refractivity contribution in [3.8, 4) is 5.75 Å². The smallest absolute Gasteiger partial charge is 0.134 e. The first-order valence-electron chi connectivity index (χ1n) is 6.31. The first-order chi connectivity index (χ1) is 8.88. The lowest BCUT2D eigenvalue weighted by molar-refractivity contribution is 0.225. The van der Waals surface area contributed by atoms with Crippen molar-refractivity contribution in [2.75, 3.05) is 0 Å². The Hall–Kier alpha value is -0.800. The zero-order chi connectivity index (χ0) is 13.8. The van der Waals surface area contributed by atoms with Crippen LogP contribution in [0.1, 0.15) is 23.7 Å². The van der Waals surface area contributed by atoms with Crippen molar-refractivity contribution >= 4 is 38.4 Å². The summed E-state index contributed by atoms with van der Waals surface area (Å²) < 4.78 is 5.54. The van der Waals surface area contributed by atoms with Gasteiger partial charge in [-0.1, -0.05) is 28.1 Å². The van der Waals surface area contributed by atoms with Crippen LogP contribution in [-0.4, -0.2) is 14.9 Å². The van der Waals surface area contributed by atoms with Crippen LogP contribution in [-0.2, 0) is 6.42 Å². The molecule has 0 bridgehead atoms. The van der Waals surface area contributed by atoms with Gasteiger partial charge in [0.15, 0.2) is 0 Å². The maximum Gasteiger partial charge on any atom is 0.134 e. The zero-order valence-electron chi connectivity index (χ0n) is 11.1. The van der Waals surface area contributed by atoms with Crippen molar-refractivity contribution in [1.29, 1.82) is 0 Å². The molecule has 0 unspecified atom stereocenters. The molecule has 0 spiro atoms. The Balaban J connectivity index is 2.22. The molecule has 3 rings (SSSR count). The molecule has 0 N–H and O–H groups in total. The number of benzene rings is 1. The monoisotopic (exact) mass is 339 g/mol. The lowest BCUT2D eigenvalue weighted by Crippen LogP contribution is -2.31. The Morgan fingerprint density at radius 1 is 1.42 bits per heavy atom. The number of nitrogens with zero attached hydrogens (tertiary/aromatic N) is 1. The molecular formula is C15H15BrClNO. The summed E-state index contributed by atoms with van der Waals surface area (Å²) in [5.74, 6) is 0.947. The zero-order valence-corrected chi connectivity index (χ0v) is 13.5. The van der Waals surface area contributed by atoms with Crippen molar-refractivity contribution in [3.05, 3.63) is 35.0 Å². The number of para-hydroxylation sites is 1. The molecule has 1 aliphatic heterocycles. The van der Waals surface area contributed by atoms with E-state index in [1.165, 1.54) is 11.1 Å². The fraction of sp³-hybridized carbons (Fsp3) is 0.400. The standard InChI is InChI=1S/C15H15BrClNO/c1-8-5-4-6-10-13(8)18-9(2)11-7-12(15(3,16)17)19-14(10)11/h4-6,12H,7H2,1-3H3/t12-,15-/m1/s1. The highest BCUT2D eigenvalue weighted by Crippen LogP contribution is 2.43. The minimum absolute atomic E-state index is 0.0734. The van der Waals surface area contributed by atoms with E-state index in [-0.39, 0.29) is 6.10 Å². The molecule has 19 heavy (non-hydrogen) atoms. The summed E-state index contributed by atoms with van der Waals surface area (Å²) in [5.41, 5.74) is 4.40. The molecule has 0 saturated carbocycles. The predicted molar refractivity (Wildman–Crippen MR) is 82.5 cm³/mol. The van der Waals surface area contributed by atoms with Gasteiger partial charge >= 0.3 is 0 Å². The highest BCUT2D eigenvalue weighted by Gasteiger charge is 2.38. The summed E-state index contributed by atoms with van der Waals surface area (Å²) in [4.78, 5) is 4.72. The fourth-order valence-electron chi connectivity index (χ4n) is 2.58.